The smallest absolute Gasteiger partial charge is 0.322 e. The fourth-order valence-electron chi connectivity index (χ4n) is 2.35. The van der Waals surface area contributed by atoms with Crippen LogP contribution in [0.3, 0.4) is 0 Å². The fourth-order valence-corrected chi connectivity index (χ4v) is 2.35. The first-order chi connectivity index (χ1) is 9.02. The number of nitrogens with zero attached hydrogens (tertiary/aromatic N) is 3. The van der Waals surface area contributed by atoms with E-state index in [4.69, 9.17) is 5.11 Å². The number of carboxylic acids is 1. The van der Waals surface area contributed by atoms with Crippen LogP contribution in [0.4, 0.5) is 10.5 Å². The number of carbonyl (C=O) groups is 2. The highest BCUT2D eigenvalue weighted by atomic mass is 16.4. The Morgan fingerprint density at radius 1 is 1.58 bits per heavy atom. The van der Waals surface area contributed by atoms with E-state index in [0.29, 0.717) is 18.7 Å². The van der Waals surface area contributed by atoms with Crippen LogP contribution in [0.2, 0.25) is 0 Å². The zero-order chi connectivity index (χ0) is 14.0. The summed E-state index contributed by atoms with van der Waals surface area (Å²) in [5, 5.41) is 15.8. The maximum atomic E-state index is 12.1. The summed E-state index contributed by atoms with van der Waals surface area (Å²) >= 11 is 0. The maximum Gasteiger partial charge on any atom is 0.322 e. The minimum Gasteiger partial charge on any atom is -0.481 e. The van der Waals surface area contributed by atoms with Gasteiger partial charge in [-0.25, -0.2) is 4.79 Å². The normalized spacial score (nSPS) is 22.5. The van der Waals surface area contributed by atoms with Crippen molar-refractivity contribution in [3.05, 3.63) is 12.4 Å². The predicted octanol–water partition coefficient (Wildman–Crippen LogP) is 1.23. The fraction of sp³-hybridized carbons (Fsp3) is 0.583. The van der Waals surface area contributed by atoms with Crippen LogP contribution in [0.1, 0.15) is 20.3 Å². The van der Waals surface area contributed by atoms with E-state index in [1.807, 2.05) is 6.92 Å². The SMILES string of the molecule is CCn1cc(NC(=O)N2CCC(C(=O)O)C2C)cn1. The number of rotatable bonds is 3. The van der Waals surface area contributed by atoms with Crippen LogP contribution < -0.4 is 5.32 Å². The number of aliphatic carboxylic acids is 1. The Hall–Kier alpha value is -2.05. The largest absolute Gasteiger partial charge is 0.481 e. The highest BCUT2D eigenvalue weighted by Gasteiger charge is 2.38. The lowest BCUT2D eigenvalue weighted by Crippen LogP contribution is -2.40. The summed E-state index contributed by atoms with van der Waals surface area (Å²) in [5.41, 5.74) is 0.623. The Morgan fingerprint density at radius 2 is 2.32 bits per heavy atom. The molecule has 1 aliphatic rings. The Morgan fingerprint density at radius 3 is 2.84 bits per heavy atom. The number of carbonyl (C=O) groups excluding carboxylic acids is 1. The summed E-state index contributed by atoms with van der Waals surface area (Å²) in [6.45, 7) is 4.92. The van der Waals surface area contributed by atoms with E-state index in [2.05, 4.69) is 10.4 Å². The molecule has 7 heteroatoms. The molecule has 7 nitrogen and oxygen atoms in total. The van der Waals surface area contributed by atoms with Gasteiger partial charge in [-0.15, -0.1) is 0 Å². The molecule has 0 saturated carbocycles. The van der Waals surface area contributed by atoms with E-state index in [9.17, 15) is 9.59 Å². The minimum atomic E-state index is -0.846. The van der Waals surface area contributed by atoms with Gasteiger partial charge in [0.1, 0.15) is 0 Å². The number of nitrogens with one attached hydrogen (secondary N) is 1. The van der Waals surface area contributed by atoms with Crippen molar-refractivity contribution in [3.63, 3.8) is 0 Å². The zero-order valence-electron chi connectivity index (χ0n) is 11.0. The quantitative estimate of drug-likeness (QED) is 0.861. The lowest BCUT2D eigenvalue weighted by molar-refractivity contribution is -0.142. The summed E-state index contributed by atoms with van der Waals surface area (Å²) in [4.78, 5) is 24.6. The molecule has 2 N–H and O–H groups in total. The van der Waals surface area contributed by atoms with E-state index in [-0.39, 0.29) is 12.1 Å². The number of hydrogen-bond acceptors (Lipinski definition) is 3. The van der Waals surface area contributed by atoms with Gasteiger partial charge in [0.05, 0.1) is 17.8 Å². The highest BCUT2D eigenvalue weighted by molar-refractivity contribution is 5.90. The summed E-state index contributed by atoms with van der Waals surface area (Å²) in [6, 6.07) is -0.564. The van der Waals surface area contributed by atoms with E-state index >= 15 is 0 Å². The molecule has 1 aliphatic heterocycles. The molecule has 0 aromatic carbocycles. The molecule has 0 aliphatic carbocycles. The van der Waals surface area contributed by atoms with Crippen molar-refractivity contribution >= 4 is 17.7 Å². The molecule has 1 aromatic heterocycles. The van der Waals surface area contributed by atoms with Crippen LogP contribution in [-0.2, 0) is 11.3 Å². The third-order valence-electron chi connectivity index (χ3n) is 3.54. The van der Waals surface area contributed by atoms with Gasteiger partial charge < -0.3 is 15.3 Å². The molecule has 0 spiro atoms. The zero-order valence-corrected chi connectivity index (χ0v) is 11.0. The van der Waals surface area contributed by atoms with Gasteiger partial charge in [0.25, 0.3) is 0 Å². The molecular formula is C12H18N4O3. The van der Waals surface area contributed by atoms with Crippen LogP contribution in [0.15, 0.2) is 12.4 Å². The maximum absolute atomic E-state index is 12.1. The van der Waals surface area contributed by atoms with Crippen molar-refractivity contribution in [3.8, 4) is 0 Å². The lowest BCUT2D eigenvalue weighted by atomic mass is 10.0. The van der Waals surface area contributed by atoms with Crippen LogP contribution in [0.25, 0.3) is 0 Å². The summed E-state index contributed by atoms with van der Waals surface area (Å²) in [5.74, 6) is -1.33. The van der Waals surface area contributed by atoms with Crippen molar-refractivity contribution in [2.45, 2.75) is 32.9 Å². The summed E-state index contributed by atoms with van der Waals surface area (Å²) in [7, 11) is 0. The minimum absolute atomic E-state index is 0.271. The molecule has 0 radical (unpaired) electrons. The molecule has 2 unspecified atom stereocenters. The Balaban J connectivity index is 1.99. The second kappa shape index (κ2) is 5.29. The Bertz CT molecular complexity index is 485. The average molecular weight is 266 g/mol. The van der Waals surface area contributed by atoms with Crippen molar-refractivity contribution < 1.29 is 14.7 Å². The molecule has 2 amide bonds. The van der Waals surface area contributed by atoms with Crippen molar-refractivity contribution in [2.75, 3.05) is 11.9 Å². The van der Waals surface area contributed by atoms with Crippen LogP contribution in [-0.4, -0.2) is 44.4 Å². The third-order valence-corrected chi connectivity index (χ3v) is 3.54. The van der Waals surface area contributed by atoms with Gasteiger partial charge in [0.2, 0.25) is 0 Å². The molecule has 19 heavy (non-hydrogen) atoms. The molecule has 1 fully saturated rings. The first-order valence-electron chi connectivity index (χ1n) is 6.35. The van der Waals surface area contributed by atoms with E-state index in [1.54, 1.807) is 28.9 Å². The van der Waals surface area contributed by atoms with Gasteiger partial charge in [0, 0.05) is 25.3 Å². The van der Waals surface area contributed by atoms with Crippen LogP contribution >= 0.6 is 0 Å². The van der Waals surface area contributed by atoms with Crippen LogP contribution in [0.5, 0.6) is 0 Å². The van der Waals surface area contributed by atoms with E-state index in [1.165, 1.54) is 0 Å². The van der Waals surface area contributed by atoms with Gasteiger partial charge in [-0.2, -0.15) is 5.10 Å². The number of aromatic nitrogens is 2. The molecule has 1 aromatic rings. The average Bonchev–Trinajstić information content (AvgIpc) is 2.95. The molecule has 2 heterocycles. The number of likely N-dealkylation sites (tertiary alicyclic amines) is 1. The summed E-state index contributed by atoms with van der Waals surface area (Å²) < 4.78 is 1.71. The second-order valence-corrected chi connectivity index (χ2v) is 4.68. The van der Waals surface area contributed by atoms with Gasteiger partial charge >= 0.3 is 12.0 Å². The van der Waals surface area contributed by atoms with Crippen molar-refractivity contribution in [2.24, 2.45) is 5.92 Å². The number of urea groups is 1. The van der Waals surface area contributed by atoms with Crippen LogP contribution in [0, 0.1) is 5.92 Å². The van der Waals surface area contributed by atoms with Crippen molar-refractivity contribution in [1.29, 1.82) is 0 Å². The Kier molecular flexibility index (Phi) is 3.73. The van der Waals surface area contributed by atoms with Gasteiger partial charge in [-0.1, -0.05) is 0 Å². The molecular weight excluding hydrogens is 248 g/mol. The molecule has 0 bridgehead atoms. The standard InChI is InChI=1S/C12H18N4O3/c1-3-15-7-9(6-13-15)14-12(19)16-5-4-10(8(16)2)11(17)18/h6-8,10H,3-5H2,1-2H3,(H,14,19)(H,17,18). The number of aryl methyl sites for hydroxylation is 1. The first-order valence-corrected chi connectivity index (χ1v) is 6.35. The predicted molar refractivity (Wildman–Crippen MR) is 68.8 cm³/mol. The number of anilines is 1. The first kappa shape index (κ1) is 13.4. The number of amides is 2. The Labute approximate surface area is 111 Å². The molecule has 2 rings (SSSR count). The number of carboxylic acid groups (broad SMARTS) is 1. The molecule has 1 saturated heterocycles. The van der Waals surface area contributed by atoms with Gasteiger partial charge in [0.15, 0.2) is 0 Å². The van der Waals surface area contributed by atoms with Gasteiger partial charge in [-0.05, 0) is 20.3 Å². The molecule has 104 valence electrons. The summed E-state index contributed by atoms with van der Waals surface area (Å²) in [6.07, 6.45) is 3.82. The number of hydrogen-bond donors (Lipinski definition) is 2. The van der Waals surface area contributed by atoms with E-state index < -0.39 is 11.9 Å². The monoisotopic (exact) mass is 266 g/mol. The van der Waals surface area contributed by atoms with Gasteiger partial charge in [-0.3, -0.25) is 9.48 Å². The highest BCUT2D eigenvalue weighted by Crippen LogP contribution is 2.25. The molecule has 2 atom stereocenters. The van der Waals surface area contributed by atoms with Crippen molar-refractivity contribution in [1.82, 2.24) is 14.7 Å². The second-order valence-electron chi connectivity index (χ2n) is 4.68. The van der Waals surface area contributed by atoms with E-state index in [0.717, 1.165) is 6.54 Å². The topological polar surface area (TPSA) is 87.5 Å². The lowest BCUT2D eigenvalue weighted by Gasteiger charge is -2.23. The third kappa shape index (κ3) is 2.69.